The van der Waals surface area contributed by atoms with E-state index in [0.717, 1.165) is 12.3 Å². The van der Waals surface area contributed by atoms with E-state index in [-0.39, 0.29) is 10.5 Å². The molecule has 0 amide bonds. The molecule has 4 nitrogen and oxygen atoms in total. The Hall–Kier alpha value is -1.83. The Bertz CT molecular complexity index is 763. The van der Waals surface area contributed by atoms with Gasteiger partial charge in [0, 0.05) is 11.8 Å². The van der Waals surface area contributed by atoms with Gasteiger partial charge in [0.1, 0.15) is 0 Å². The maximum absolute atomic E-state index is 13.9. The highest BCUT2D eigenvalue weighted by molar-refractivity contribution is 7.90. The molecule has 112 valence electrons. The normalized spacial score (nSPS) is 13.1. The topological polar surface area (TPSA) is 72.2 Å². The molecule has 0 aliphatic heterocycles. The Kier molecular flexibility index (Phi) is 4.36. The predicted octanol–water partition coefficient (Wildman–Crippen LogP) is 1.92. The average molecular weight is 312 g/mol. The van der Waals surface area contributed by atoms with E-state index in [1.807, 2.05) is 0 Å². The zero-order valence-corrected chi connectivity index (χ0v) is 12.0. The van der Waals surface area contributed by atoms with Crippen LogP contribution in [0.1, 0.15) is 17.2 Å². The smallest absolute Gasteiger partial charge is 0.175 e. The maximum atomic E-state index is 13.9. The molecule has 0 aliphatic carbocycles. The lowest BCUT2D eigenvalue weighted by Crippen LogP contribution is -2.29. The van der Waals surface area contributed by atoms with Crippen molar-refractivity contribution >= 4 is 9.84 Å². The summed E-state index contributed by atoms with van der Waals surface area (Å²) in [5.74, 6) is 3.41. The number of hydrazine groups is 1. The van der Waals surface area contributed by atoms with Gasteiger partial charge in [-0.3, -0.25) is 5.84 Å². The fourth-order valence-corrected chi connectivity index (χ4v) is 2.71. The number of hydrogen-bond donors (Lipinski definition) is 2. The van der Waals surface area contributed by atoms with E-state index < -0.39 is 27.5 Å². The van der Waals surface area contributed by atoms with Crippen LogP contribution >= 0.6 is 0 Å². The first kappa shape index (κ1) is 15.6. The second-order valence-corrected chi connectivity index (χ2v) is 6.60. The van der Waals surface area contributed by atoms with Gasteiger partial charge in [0.05, 0.1) is 10.9 Å². The van der Waals surface area contributed by atoms with E-state index in [1.54, 1.807) is 6.07 Å². The highest BCUT2D eigenvalue weighted by Crippen LogP contribution is 2.26. The van der Waals surface area contributed by atoms with E-state index in [9.17, 15) is 17.2 Å². The fraction of sp³-hybridized carbons (Fsp3) is 0.143. The first-order valence-electron chi connectivity index (χ1n) is 6.04. The number of halogens is 2. The number of nitrogens with two attached hydrogens (primary N) is 1. The van der Waals surface area contributed by atoms with Crippen LogP contribution in [0.4, 0.5) is 8.78 Å². The summed E-state index contributed by atoms with van der Waals surface area (Å²) in [5, 5.41) is 0. The Morgan fingerprint density at radius 1 is 1.14 bits per heavy atom. The maximum Gasteiger partial charge on any atom is 0.175 e. The SMILES string of the molecule is CS(=O)(=O)c1cccc(C(NN)c2cccc(F)c2F)c1. The number of hydrogen-bond acceptors (Lipinski definition) is 4. The standard InChI is InChI=1S/C14H14F2N2O2S/c1-21(19,20)10-5-2-4-9(8-10)14(18-17)11-6-3-7-12(15)13(11)16/h2-8,14,18H,17H2,1H3. The van der Waals surface area contributed by atoms with Crippen molar-refractivity contribution in [3.8, 4) is 0 Å². The number of sulfone groups is 1. The van der Waals surface area contributed by atoms with Crippen LogP contribution in [0, 0.1) is 11.6 Å². The molecule has 0 aliphatic rings. The van der Waals surface area contributed by atoms with Gasteiger partial charge in [-0.15, -0.1) is 0 Å². The van der Waals surface area contributed by atoms with E-state index in [1.165, 1.54) is 30.3 Å². The van der Waals surface area contributed by atoms with Crippen molar-refractivity contribution in [2.24, 2.45) is 5.84 Å². The molecule has 0 radical (unpaired) electrons. The molecule has 0 heterocycles. The van der Waals surface area contributed by atoms with E-state index in [0.29, 0.717) is 5.56 Å². The van der Waals surface area contributed by atoms with Gasteiger partial charge in [0.2, 0.25) is 0 Å². The average Bonchev–Trinajstić information content (AvgIpc) is 2.44. The van der Waals surface area contributed by atoms with Crippen molar-refractivity contribution in [2.45, 2.75) is 10.9 Å². The highest BCUT2D eigenvalue weighted by atomic mass is 32.2. The third-order valence-electron chi connectivity index (χ3n) is 3.08. The van der Waals surface area contributed by atoms with Crippen molar-refractivity contribution in [3.05, 3.63) is 65.2 Å². The van der Waals surface area contributed by atoms with Crippen molar-refractivity contribution in [3.63, 3.8) is 0 Å². The molecule has 21 heavy (non-hydrogen) atoms. The molecular formula is C14H14F2N2O2S. The highest BCUT2D eigenvalue weighted by Gasteiger charge is 2.20. The van der Waals surface area contributed by atoms with E-state index in [2.05, 4.69) is 5.43 Å². The van der Waals surface area contributed by atoms with Crippen molar-refractivity contribution in [2.75, 3.05) is 6.26 Å². The third-order valence-corrected chi connectivity index (χ3v) is 4.19. The predicted molar refractivity (Wildman–Crippen MR) is 75.1 cm³/mol. The summed E-state index contributed by atoms with van der Waals surface area (Å²) in [6.07, 6.45) is 1.07. The Morgan fingerprint density at radius 2 is 1.81 bits per heavy atom. The molecule has 0 spiro atoms. The lowest BCUT2D eigenvalue weighted by Gasteiger charge is -2.18. The van der Waals surface area contributed by atoms with Crippen molar-refractivity contribution < 1.29 is 17.2 Å². The van der Waals surface area contributed by atoms with Crippen LogP contribution in [0.15, 0.2) is 47.4 Å². The van der Waals surface area contributed by atoms with Gasteiger partial charge in [-0.25, -0.2) is 22.6 Å². The lowest BCUT2D eigenvalue weighted by molar-refractivity contribution is 0.483. The molecule has 7 heteroatoms. The molecule has 0 saturated heterocycles. The molecule has 0 fully saturated rings. The summed E-state index contributed by atoms with van der Waals surface area (Å²) in [5.41, 5.74) is 2.80. The van der Waals surface area contributed by atoms with Crippen LogP contribution in [0.3, 0.4) is 0 Å². The van der Waals surface area contributed by atoms with Gasteiger partial charge < -0.3 is 0 Å². The quantitative estimate of drug-likeness (QED) is 0.668. The molecule has 1 unspecified atom stereocenters. The van der Waals surface area contributed by atoms with Crippen LogP contribution in [-0.4, -0.2) is 14.7 Å². The van der Waals surface area contributed by atoms with Gasteiger partial charge in [0.25, 0.3) is 0 Å². The summed E-state index contributed by atoms with van der Waals surface area (Å²) in [6.45, 7) is 0. The van der Waals surface area contributed by atoms with Crippen LogP contribution in [0.25, 0.3) is 0 Å². The summed E-state index contributed by atoms with van der Waals surface area (Å²) >= 11 is 0. The van der Waals surface area contributed by atoms with Crippen molar-refractivity contribution in [1.82, 2.24) is 5.43 Å². The minimum absolute atomic E-state index is 0.00292. The molecule has 0 saturated carbocycles. The first-order valence-corrected chi connectivity index (χ1v) is 7.94. The largest absolute Gasteiger partial charge is 0.271 e. The molecule has 3 N–H and O–H groups in total. The van der Waals surface area contributed by atoms with Crippen LogP contribution in [0.2, 0.25) is 0 Å². The minimum atomic E-state index is -3.40. The summed E-state index contributed by atoms with van der Waals surface area (Å²) < 4.78 is 50.3. The molecule has 2 aromatic carbocycles. The van der Waals surface area contributed by atoms with Gasteiger partial charge in [-0.05, 0) is 23.8 Å². The monoisotopic (exact) mass is 312 g/mol. The van der Waals surface area contributed by atoms with Gasteiger partial charge >= 0.3 is 0 Å². The zero-order chi connectivity index (χ0) is 15.6. The minimum Gasteiger partial charge on any atom is -0.271 e. The zero-order valence-electron chi connectivity index (χ0n) is 11.2. The number of benzene rings is 2. The second kappa shape index (κ2) is 5.88. The fourth-order valence-electron chi connectivity index (χ4n) is 2.03. The summed E-state index contributed by atoms with van der Waals surface area (Å²) in [7, 11) is -3.40. The van der Waals surface area contributed by atoms with Crippen molar-refractivity contribution in [1.29, 1.82) is 0 Å². The second-order valence-electron chi connectivity index (χ2n) is 4.59. The molecule has 2 aromatic rings. The molecule has 1 atom stereocenters. The van der Waals surface area contributed by atoms with E-state index >= 15 is 0 Å². The third kappa shape index (κ3) is 3.26. The van der Waals surface area contributed by atoms with Crippen LogP contribution in [0.5, 0.6) is 0 Å². The van der Waals surface area contributed by atoms with Gasteiger partial charge in [-0.2, -0.15) is 0 Å². The molecule has 0 bridgehead atoms. The number of nitrogens with one attached hydrogen (secondary N) is 1. The Balaban J connectivity index is 2.55. The summed E-state index contributed by atoms with van der Waals surface area (Å²) in [6, 6.07) is 8.80. The molecule has 2 rings (SSSR count). The van der Waals surface area contributed by atoms with Gasteiger partial charge in [-0.1, -0.05) is 24.3 Å². The molecule has 0 aromatic heterocycles. The summed E-state index contributed by atoms with van der Waals surface area (Å²) in [4.78, 5) is 0.0806. The molecular weight excluding hydrogens is 298 g/mol. The first-order chi connectivity index (χ1) is 9.84. The van der Waals surface area contributed by atoms with Crippen LogP contribution in [-0.2, 0) is 9.84 Å². The van der Waals surface area contributed by atoms with E-state index in [4.69, 9.17) is 5.84 Å². The Labute approximate surface area is 121 Å². The van der Waals surface area contributed by atoms with Gasteiger partial charge in [0.15, 0.2) is 21.5 Å². The lowest BCUT2D eigenvalue weighted by atomic mass is 9.99. The Morgan fingerprint density at radius 3 is 2.43 bits per heavy atom. The number of rotatable bonds is 4. The van der Waals surface area contributed by atoms with Crippen LogP contribution < -0.4 is 11.3 Å².